The molecule has 4 nitrogen and oxygen atoms in total. The van der Waals surface area contributed by atoms with Gasteiger partial charge >= 0.3 is 0 Å². The van der Waals surface area contributed by atoms with E-state index in [2.05, 4.69) is 23.4 Å². The molecule has 0 aromatic heterocycles. The molecule has 0 rings (SSSR count). The van der Waals surface area contributed by atoms with Gasteiger partial charge < -0.3 is 10.4 Å². The smallest absolute Gasteiger partial charge is 0.0852 e. The van der Waals surface area contributed by atoms with Gasteiger partial charge in [-0.3, -0.25) is 0 Å². The highest BCUT2D eigenvalue weighted by Crippen LogP contribution is 2.20. The molecule has 0 saturated heterocycles. The third-order valence-electron chi connectivity index (χ3n) is 2.81. The first kappa shape index (κ1) is 14.9. The Morgan fingerprint density at radius 1 is 1.12 bits per heavy atom. The van der Waals surface area contributed by atoms with Crippen LogP contribution in [0.15, 0.2) is 22.6 Å². The van der Waals surface area contributed by atoms with Crippen molar-refractivity contribution in [3.05, 3.63) is 12.3 Å². The molecule has 0 fully saturated rings. The third kappa shape index (κ3) is 4.61. The van der Waals surface area contributed by atoms with E-state index >= 15 is 0 Å². The van der Waals surface area contributed by atoms with Crippen LogP contribution in [0.2, 0.25) is 18.6 Å². The van der Waals surface area contributed by atoms with Crippen LogP contribution in [0.25, 0.3) is 0 Å². The molecule has 92 valence electrons. The average Bonchev–Trinajstić information content (AvgIpc) is 2.33. The first-order valence-corrected chi connectivity index (χ1v) is 8.57. The highest BCUT2D eigenvalue weighted by Gasteiger charge is 2.27. The molecule has 0 bridgehead atoms. The van der Waals surface area contributed by atoms with Crippen LogP contribution in [0.3, 0.4) is 0 Å². The Labute approximate surface area is 98.4 Å². The van der Waals surface area contributed by atoms with Crippen LogP contribution in [0.5, 0.6) is 0 Å². The Hall–Kier alpha value is -1.10. The van der Waals surface area contributed by atoms with Gasteiger partial charge in [-0.15, -0.1) is 12.3 Å². The number of oxime groups is 2. The molecular weight excluding hydrogens is 220 g/mol. The first-order chi connectivity index (χ1) is 7.55. The van der Waals surface area contributed by atoms with Gasteiger partial charge in [0.25, 0.3) is 0 Å². The molecule has 2 N–H and O–H groups in total. The zero-order valence-electron chi connectivity index (χ0n) is 10.4. The maximum atomic E-state index is 8.83. The molecule has 0 unspecified atom stereocenters. The van der Waals surface area contributed by atoms with E-state index in [4.69, 9.17) is 10.4 Å². The van der Waals surface area contributed by atoms with Gasteiger partial charge in [-0.1, -0.05) is 30.7 Å². The van der Waals surface area contributed by atoms with Crippen molar-refractivity contribution in [3.8, 4) is 0 Å². The van der Waals surface area contributed by atoms with Crippen LogP contribution in [0, 0.1) is 0 Å². The molecule has 0 aromatic rings. The molecule has 16 heavy (non-hydrogen) atoms. The monoisotopic (exact) mass is 242 g/mol. The molecule has 0 amide bonds. The lowest BCUT2D eigenvalue weighted by molar-refractivity contribution is 0.317. The Balaban J connectivity index is 4.72. The van der Waals surface area contributed by atoms with E-state index < -0.39 is 8.07 Å². The third-order valence-corrected chi connectivity index (χ3v) is 6.22. The second kappa shape index (κ2) is 7.22. The number of hydrogen-bond donors (Lipinski definition) is 2. The number of hydrogen-bond acceptors (Lipinski definition) is 4. The van der Waals surface area contributed by atoms with E-state index in [1.807, 2.05) is 19.5 Å². The quantitative estimate of drug-likeness (QED) is 0.311. The summed E-state index contributed by atoms with van der Waals surface area (Å²) < 4.78 is 0. The normalized spacial score (nSPS) is 16.9. The number of nitrogens with zero attached hydrogens (tertiary/aromatic N) is 2. The maximum absolute atomic E-state index is 8.83. The molecule has 0 atom stereocenters. The van der Waals surface area contributed by atoms with Crippen molar-refractivity contribution in [1.29, 1.82) is 0 Å². The number of rotatable bonds is 7. The standard InChI is InChI=1S/C11H22N2O2Si/c1-5-10(12-14)8-16(4,7-3)9-11(6-2)13-15/h7,14-15H,3,5-6,8-9H2,1-2,4H3. The van der Waals surface area contributed by atoms with E-state index in [0.29, 0.717) is 0 Å². The Bertz CT molecular complexity index is 266. The van der Waals surface area contributed by atoms with E-state index in [1.54, 1.807) is 0 Å². The van der Waals surface area contributed by atoms with Crippen molar-refractivity contribution in [2.45, 2.75) is 45.3 Å². The van der Waals surface area contributed by atoms with Gasteiger partial charge in [-0.05, 0) is 24.9 Å². The average molecular weight is 242 g/mol. The van der Waals surface area contributed by atoms with E-state index in [-0.39, 0.29) is 0 Å². The minimum atomic E-state index is -1.75. The van der Waals surface area contributed by atoms with Crippen molar-refractivity contribution in [2.75, 3.05) is 0 Å². The van der Waals surface area contributed by atoms with Crippen molar-refractivity contribution < 1.29 is 10.4 Å². The summed E-state index contributed by atoms with van der Waals surface area (Å²) in [7, 11) is -1.75. The van der Waals surface area contributed by atoms with Gasteiger partial charge in [0, 0.05) is 0 Å². The predicted octanol–water partition coefficient (Wildman–Crippen LogP) is 3.27. The first-order valence-electron chi connectivity index (χ1n) is 5.58. The molecule has 0 spiro atoms. The Morgan fingerprint density at radius 3 is 1.69 bits per heavy atom. The highest BCUT2D eigenvalue weighted by atomic mass is 28.3. The zero-order valence-corrected chi connectivity index (χ0v) is 11.4. The van der Waals surface area contributed by atoms with Crippen LogP contribution in [0.1, 0.15) is 26.7 Å². The van der Waals surface area contributed by atoms with Crippen molar-refractivity contribution >= 4 is 19.5 Å². The summed E-state index contributed by atoms with van der Waals surface area (Å²) in [5.41, 5.74) is 3.55. The zero-order chi connectivity index (χ0) is 12.6. The van der Waals surface area contributed by atoms with Crippen LogP contribution in [-0.2, 0) is 0 Å². The fourth-order valence-corrected chi connectivity index (χ4v) is 4.52. The van der Waals surface area contributed by atoms with E-state index in [0.717, 1.165) is 36.4 Å². The minimum Gasteiger partial charge on any atom is -0.411 e. The lowest BCUT2D eigenvalue weighted by atomic mass is 10.3. The van der Waals surface area contributed by atoms with E-state index in [1.165, 1.54) is 0 Å². The van der Waals surface area contributed by atoms with Crippen molar-refractivity contribution in [2.24, 2.45) is 10.3 Å². The van der Waals surface area contributed by atoms with Crippen molar-refractivity contribution in [3.63, 3.8) is 0 Å². The summed E-state index contributed by atoms with van der Waals surface area (Å²) in [5, 5.41) is 24.3. The molecule has 0 aliphatic heterocycles. The van der Waals surface area contributed by atoms with Crippen LogP contribution in [0.4, 0.5) is 0 Å². The summed E-state index contributed by atoms with van der Waals surface area (Å²) >= 11 is 0. The molecular formula is C11H22N2O2Si. The molecule has 0 heterocycles. The highest BCUT2D eigenvalue weighted by molar-refractivity contribution is 6.88. The molecule has 0 saturated carbocycles. The van der Waals surface area contributed by atoms with Gasteiger partial charge in [0.15, 0.2) is 0 Å². The summed E-state index contributed by atoms with van der Waals surface area (Å²) in [6.45, 7) is 9.95. The lowest BCUT2D eigenvalue weighted by Gasteiger charge is -2.23. The summed E-state index contributed by atoms with van der Waals surface area (Å²) in [4.78, 5) is 0. The Morgan fingerprint density at radius 2 is 1.50 bits per heavy atom. The maximum Gasteiger partial charge on any atom is 0.0852 e. The second-order valence-electron chi connectivity index (χ2n) is 4.25. The van der Waals surface area contributed by atoms with Crippen LogP contribution >= 0.6 is 0 Å². The van der Waals surface area contributed by atoms with Gasteiger partial charge in [-0.25, -0.2) is 0 Å². The molecule has 0 aliphatic carbocycles. The minimum absolute atomic E-state index is 0.741. The largest absolute Gasteiger partial charge is 0.411 e. The van der Waals surface area contributed by atoms with Crippen LogP contribution < -0.4 is 0 Å². The molecule has 0 aromatic carbocycles. The van der Waals surface area contributed by atoms with Gasteiger partial charge in [0.1, 0.15) is 0 Å². The molecule has 0 radical (unpaired) electrons. The van der Waals surface area contributed by atoms with Gasteiger partial charge in [0.05, 0.1) is 19.5 Å². The fourth-order valence-electron chi connectivity index (χ4n) is 1.60. The molecule has 5 heteroatoms. The summed E-state index contributed by atoms with van der Waals surface area (Å²) in [5.74, 6) is 0. The van der Waals surface area contributed by atoms with Crippen LogP contribution in [-0.4, -0.2) is 29.9 Å². The van der Waals surface area contributed by atoms with E-state index in [9.17, 15) is 0 Å². The second-order valence-corrected chi connectivity index (χ2v) is 8.67. The van der Waals surface area contributed by atoms with Gasteiger partial charge in [-0.2, -0.15) is 0 Å². The fraction of sp³-hybridized carbons (Fsp3) is 0.636. The predicted molar refractivity (Wildman–Crippen MR) is 70.5 cm³/mol. The Kier molecular flexibility index (Phi) is 6.72. The SMILES string of the molecule is C=C[Si](C)(CC(CC)=NO)CC(CC)=NO. The topological polar surface area (TPSA) is 65.2 Å². The van der Waals surface area contributed by atoms with Crippen molar-refractivity contribution in [1.82, 2.24) is 0 Å². The lowest BCUT2D eigenvalue weighted by Crippen LogP contribution is -2.33. The van der Waals surface area contributed by atoms with Gasteiger partial charge in [0.2, 0.25) is 0 Å². The molecule has 0 aliphatic rings. The summed E-state index contributed by atoms with van der Waals surface area (Å²) in [6.07, 6.45) is 1.48. The summed E-state index contributed by atoms with van der Waals surface area (Å²) in [6, 6.07) is 1.53.